The monoisotopic (exact) mass is 440 g/mol. The van der Waals surface area contributed by atoms with Gasteiger partial charge in [-0.15, -0.1) is 0 Å². The largest absolute Gasteiger partial charge is 0.0837 e. The molecule has 0 aliphatic carbocycles. The van der Waals surface area contributed by atoms with Gasteiger partial charge in [-0.2, -0.15) is 0 Å². The average molecular weight is 442 g/mol. The summed E-state index contributed by atoms with van der Waals surface area (Å²) in [4.78, 5) is 0. The van der Waals surface area contributed by atoms with Gasteiger partial charge in [-0.1, -0.05) is 58.5 Å². The number of halogens is 5. The van der Waals surface area contributed by atoms with E-state index in [4.69, 9.17) is 46.4 Å². The highest BCUT2D eigenvalue weighted by Gasteiger charge is 2.15. The van der Waals surface area contributed by atoms with Crippen molar-refractivity contribution in [1.29, 1.82) is 0 Å². The molecule has 3 rings (SSSR count). The predicted molar refractivity (Wildman–Crippen MR) is 94.2 cm³/mol. The maximum atomic E-state index is 6.29. The van der Waals surface area contributed by atoms with Gasteiger partial charge in [-0.3, -0.25) is 0 Å². The molecule has 0 radical (unpaired) electrons. The molecular formula is C14H5Cl4I. The Bertz CT molecular complexity index is 827. The van der Waals surface area contributed by atoms with Crippen molar-refractivity contribution in [3.8, 4) is 0 Å². The molecule has 3 aromatic carbocycles. The summed E-state index contributed by atoms with van der Waals surface area (Å²) in [6, 6.07) is 9.77. The van der Waals surface area contributed by atoms with E-state index < -0.39 is 0 Å². The van der Waals surface area contributed by atoms with Gasteiger partial charge in [0.1, 0.15) is 0 Å². The van der Waals surface area contributed by atoms with Crippen molar-refractivity contribution in [3.05, 3.63) is 54.0 Å². The van der Waals surface area contributed by atoms with Gasteiger partial charge in [0, 0.05) is 19.4 Å². The molecule has 0 spiro atoms. The molecule has 0 bridgehead atoms. The highest BCUT2D eigenvalue weighted by atomic mass is 127. The Morgan fingerprint density at radius 1 is 0.737 bits per heavy atom. The summed E-state index contributed by atoms with van der Waals surface area (Å²) >= 11 is 27.0. The van der Waals surface area contributed by atoms with Crippen LogP contribution in [0.5, 0.6) is 0 Å². The lowest BCUT2D eigenvalue weighted by atomic mass is 10.0. The SMILES string of the molecule is Clc1c(Cl)c(I)c2cc3cccc(Cl)c3cc2c1Cl. The summed E-state index contributed by atoms with van der Waals surface area (Å²) < 4.78 is 0.894. The fourth-order valence-corrected chi connectivity index (χ4v) is 3.88. The van der Waals surface area contributed by atoms with E-state index >= 15 is 0 Å². The molecule has 0 aliphatic heterocycles. The van der Waals surface area contributed by atoms with E-state index in [0.29, 0.717) is 20.1 Å². The van der Waals surface area contributed by atoms with Crippen molar-refractivity contribution < 1.29 is 0 Å². The molecular weight excluding hydrogens is 437 g/mol. The minimum Gasteiger partial charge on any atom is -0.0837 e. The molecule has 0 saturated carbocycles. The van der Waals surface area contributed by atoms with Gasteiger partial charge in [0.25, 0.3) is 0 Å². The number of fused-ring (bicyclic) bond motifs is 2. The minimum atomic E-state index is 0.381. The fraction of sp³-hybridized carbons (Fsp3) is 0. The molecule has 0 unspecified atom stereocenters. The lowest BCUT2D eigenvalue weighted by molar-refractivity contribution is 1.72. The average Bonchev–Trinajstić information content (AvgIpc) is 2.42. The Morgan fingerprint density at radius 2 is 1.47 bits per heavy atom. The number of hydrogen-bond donors (Lipinski definition) is 0. The Kier molecular flexibility index (Phi) is 3.78. The Balaban J connectivity index is 2.59. The topological polar surface area (TPSA) is 0 Å². The molecule has 0 heterocycles. The van der Waals surface area contributed by atoms with Crippen molar-refractivity contribution in [2.45, 2.75) is 0 Å². The zero-order valence-electron chi connectivity index (χ0n) is 9.28. The first kappa shape index (κ1) is 14.0. The summed E-state index contributed by atoms with van der Waals surface area (Å²) in [5.41, 5.74) is 0. The van der Waals surface area contributed by atoms with E-state index in [1.54, 1.807) is 0 Å². The lowest BCUT2D eigenvalue weighted by Gasteiger charge is -2.11. The Hall–Kier alpha value is 0.0700. The third-order valence-electron chi connectivity index (χ3n) is 3.02. The zero-order chi connectivity index (χ0) is 13.7. The first-order chi connectivity index (χ1) is 9.00. The molecule has 0 aromatic heterocycles. The molecule has 5 heteroatoms. The maximum Gasteiger partial charge on any atom is 0.0795 e. The van der Waals surface area contributed by atoms with E-state index in [-0.39, 0.29) is 0 Å². The Labute approximate surface area is 143 Å². The summed E-state index contributed by atoms with van der Waals surface area (Å²) in [7, 11) is 0. The zero-order valence-corrected chi connectivity index (χ0v) is 14.5. The van der Waals surface area contributed by atoms with Crippen LogP contribution in [-0.2, 0) is 0 Å². The molecule has 0 atom stereocenters. The van der Waals surface area contributed by atoms with Gasteiger partial charge in [0.05, 0.1) is 15.1 Å². The summed E-state index contributed by atoms with van der Waals surface area (Å²) in [6.07, 6.45) is 0. The van der Waals surface area contributed by atoms with Crippen LogP contribution in [0, 0.1) is 3.57 Å². The standard InChI is InChI=1S/C14H5Cl4I/c15-10-3-1-2-6-4-9-8(5-7(6)10)11(16)12(17)13(18)14(9)19/h1-5H. The van der Waals surface area contributed by atoms with Crippen LogP contribution in [0.1, 0.15) is 0 Å². The molecule has 0 aliphatic rings. The normalized spacial score (nSPS) is 11.4. The number of benzene rings is 3. The molecule has 0 saturated heterocycles. The molecule has 0 amide bonds. The van der Waals surface area contributed by atoms with Crippen LogP contribution < -0.4 is 0 Å². The highest BCUT2D eigenvalue weighted by Crippen LogP contribution is 2.42. The maximum absolute atomic E-state index is 6.29. The van der Waals surface area contributed by atoms with Gasteiger partial charge in [0.2, 0.25) is 0 Å². The smallest absolute Gasteiger partial charge is 0.0795 e. The second-order valence-electron chi connectivity index (χ2n) is 4.11. The lowest BCUT2D eigenvalue weighted by Crippen LogP contribution is -1.86. The first-order valence-electron chi connectivity index (χ1n) is 5.34. The van der Waals surface area contributed by atoms with Crippen LogP contribution >= 0.6 is 69.0 Å². The summed E-state index contributed by atoms with van der Waals surface area (Å²) in [6.45, 7) is 0. The van der Waals surface area contributed by atoms with E-state index in [1.165, 1.54) is 0 Å². The molecule has 19 heavy (non-hydrogen) atoms. The third kappa shape index (κ3) is 2.20. The van der Waals surface area contributed by atoms with Crippen LogP contribution in [0.3, 0.4) is 0 Å². The molecule has 0 N–H and O–H groups in total. The van der Waals surface area contributed by atoms with Crippen LogP contribution in [0.2, 0.25) is 20.1 Å². The summed E-state index contributed by atoms with van der Waals surface area (Å²) in [5, 5.41) is 5.86. The second kappa shape index (κ2) is 5.12. The minimum absolute atomic E-state index is 0.381. The second-order valence-corrected chi connectivity index (χ2v) is 6.73. The van der Waals surface area contributed by atoms with E-state index in [0.717, 1.165) is 25.1 Å². The third-order valence-corrected chi connectivity index (χ3v) is 6.13. The molecule has 0 nitrogen and oxygen atoms in total. The van der Waals surface area contributed by atoms with E-state index in [1.807, 2.05) is 30.3 Å². The van der Waals surface area contributed by atoms with Crippen LogP contribution in [-0.4, -0.2) is 0 Å². The van der Waals surface area contributed by atoms with Crippen molar-refractivity contribution in [2.24, 2.45) is 0 Å². The van der Waals surface area contributed by atoms with Crippen molar-refractivity contribution in [3.63, 3.8) is 0 Å². The quantitative estimate of drug-likeness (QED) is 0.150. The van der Waals surface area contributed by atoms with Gasteiger partial charge in [0.15, 0.2) is 0 Å². The number of rotatable bonds is 0. The van der Waals surface area contributed by atoms with Gasteiger partial charge in [-0.05, 0) is 51.6 Å². The van der Waals surface area contributed by atoms with Crippen molar-refractivity contribution >= 4 is 90.5 Å². The molecule has 0 fully saturated rings. The van der Waals surface area contributed by atoms with Crippen molar-refractivity contribution in [2.75, 3.05) is 0 Å². The first-order valence-corrected chi connectivity index (χ1v) is 7.93. The van der Waals surface area contributed by atoms with Crippen LogP contribution in [0.25, 0.3) is 21.5 Å². The number of hydrogen-bond acceptors (Lipinski definition) is 0. The van der Waals surface area contributed by atoms with Gasteiger partial charge >= 0.3 is 0 Å². The van der Waals surface area contributed by atoms with Gasteiger partial charge < -0.3 is 0 Å². The van der Waals surface area contributed by atoms with Gasteiger partial charge in [-0.25, -0.2) is 0 Å². The fourth-order valence-electron chi connectivity index (χ4n) is 2.08. The van der Waals surface area contributed by atoms with Crippen LogP contribution in [0.15, 0.2) is 30.3 Å². The van der Waals surface area contributed by atoms with E-state index in [2.05, 4.69) is 22.6 Å². The predicted octanol–water partition coefficient (Wildman–Crippen LogP) is 7.21. The van der Waals surface area contributed by atoms with Crippen LogP contribution in [0.4, 0.5) is 0 Å². The molecule has 96 valence electrons. The summed E-state index contributed by atoms with van der Waals surface area (Å²) in [5.74, 6) is 0. The van der Waals surface area contributed by atoms with E-state index in [9.17, 15) is 0 Å². The Morgan fingerprint density at radius 3 is 2.21 bits per heavy atom. The molecule has 3 aromatic rings. The van der Waals surface area contributed by atoms with Crippen molar-refractivity contribution in [1.82, 2.24) is 0 Å². The highest BCUT2D eigenvalue weighted by molar-refractivity contribution is 14.1.